The SMILES string of the molecule is [NH]C(=O)C(c1ccccc1)N1CCNCC1. The number of nitrogens with zero attached hydrogens (tertiary/aromatic N) is 1. The van der Waals surface area contributed by atoms with E-state index in [2.05, 4.69) is 10.2 Å². The molecule has 1 atom stereocenters. The Morgan fingerprint density at radius 1 is 1.25 bits per heavy atom. The lowest BCUT2D eigenvalue weighted by Crippen LogP contribution is -2.47. The van der Waals surface area contributed by atoms with Crippen LogP contribution in [0.3, 0.4) is 0 Å². The van der Waals surface area contributed by atoms with Crippen molar-refractivity contribution < 1.29 is 4.79 Å². The molecule has 0 bridgehead atoms. The van der Waals surface area contributed by atoms with Crippen LogP contribution in [-0.2, 0) is 4.79 Å². The van der Waals surface area contributed by atoms with Gasteiger partial charge in [-0.15, -0.1) is 0 Å². The summed E-state index contributed by atoms with van der Waals surface area (Å²) in [7, 11) is 0. The van der Waals surface area contributed by atoms with E-state index in [0.29, 0.717) is 0 Å². The quantitative estimate of drug-likeness (QED) is 0.801. The van der Waals surface area contributed by atoms with Crippen LogP contribution in [0.1, 0.15) is 11.6 Å². The highest BCUT2D eigenvalue weighted by Gasteiger charge is 2.26. The molecule has 85 valence electrons. The van der Waals surface area contributed by atoms with Crippen molar-refractivity contribution in [2.75, 3.05) is 26.2 Å². The standard InChI is InChI=1S/C12H16N3O/c13-12(16)11(10-4-2-1-3-5-10)15-8-6-14-7-9-15/h1-5,11,13-14H,6-9H2. The van der Waals surface area contributed by atoms with Gasteiger partial charge in [0.15, 0.2) is 0 Å². The highest BCUT2D eigenvalue weighted by atomic mass is 16.1. The van der Waals surface area contributed by atoms with Gasteiger partial charge >= 0.3 is 0 Å². The molecule has 16 heavy (non-hydrogen) atoms. The van der Waals surface area contributed by atoms with Crippen molar-refractivity contribution in [3.63, 3.8) is 0 Å². The molecule has 0 spiro atoms. The van der Waals surface area contributed by atoms with Gasteiger partial charge in [0.2, 0.25) is 0 Å². The summed E-state index contributed by atoms with van der Waals surface area (Å²) in [6.45, 7) is 3.42. The molecule has 1 unspecified atom stereocenters. The van der Waals surface area contributed by atoms with Gasteiger partial charge < -0.3 is 5.32 Å². The lowest BCUT2D eigenvalue weighted by molar-refractivity contribution is -0.124. The monoisotopic (exact) mass is 218 g/mol. The van der Waals surface area contributed by atoms with E-state index in [-0.39, 0.29) is 0 Å². The average molecular weight is 218 g/mol. The Balaban J connectivity index is 2.20. The van der Waals surface area contributed by atoms with Crippen molar-refractivity contribution in [3.05, 3.63) is 35.9 Å². The maximum absolute atomic E-state index is 11.4. The van der Waals surface area contributed by atoms with Crippen LogP contribution in [0, 0.1) is 0 Å². The van der Waals surface area contributed by atoms with E-state index in [0.717, 1.165) is 31.7 Å². The van der Waals surface area contributed by atoms with Crippen molar-refractivity contribution in [2.45, 2.75) is 6.04 Å². The van der Waals surface area contributed by atoms with Gasteiger partial charge in [-0.2, -0.15) is 0 Å². The average Bonchev–Trinajstić information content (AvgIpc) is 2.31. The summed E-state index contributed by atoms with van der Waals surface area (Å²) in [4.78, 5) is 13.5. The first-order valence-electron chi connectivity index (χ1n) is 5.54. The first kappa shape index (κ1) is 11.1. The van der Waals surface area contributed by atoms with Gasteiger partial charge in [-0.25, -0.2) is 0 Å². The molecule has 1 aromatic carbocycles. The van der Waals surface area contributed by atoms with Crippen LogP contribution in [-0.4, -0.2) is 37.0 Å². The van der Waals surface area contributed by atoms with Crippen LogP contribution in [0.2, 0.25) is 0 Å². The molecule has 2 N–H and O–H groups in total. The third-order valence-corrected chi connectivity index (χ3v) is 2.88. The number of amides is 1. The van der Waals surface area contributed by atoms with Gasteiger partial charge in [0.25, 0.3) is 5.91 Å². The largest absolute Gasteiger partial charge is 0.314 e. The van der Waals surface area contributed by atoms with E-state index < -0.39 is 11.9 Å². The normalized spacial score (nSPS) is 19.2. The fraction of sp³-hybridized carbons (Fsp3) is 0.417. The second-order valence-electron chi connectivity index (χ2n) is 3.96. The Hall–Kier alpha value is -1.39. The first-order valence-corrected chi connectivity index (χ1v) is 5.54. The highest BCUT2D eigenvalue weighted by Crippen LogP contribution is 2.20. The number of carbonyl (C=O) groups is 1. The first-order chi connectivity index (χ1) is 7.79. The van der Waals surface area contributed by atoms with Crippen LogP contribution in [0.5, 0.6) is 0 Å². The molecule has 1 saturated heterocycles. The minimum absolute atomic E-state index is 0.400. The molecule has 0 aromatic heterocycles. The van der Waals surface area contributed by atoms with Crippen molar-refractivity contribution >= 4 is 5.91 Å². The van der Waals surface area contributed by atoms with E-state index in [1.165, 1.54) is 0 Å². The molecule has 4 heteroatoms. The van der Waals surface area contributed by atoms with Crippen LogP contribution < -0.4 is 11.1 Å². The van der Waals surface area contributed by atoms with Gasteiger partial charge in [-0.1, -0.05) is 30.3 Å². The van der Waals surface area contributed by atoms with E-state index in [1.807, 2.05) is 30.3 Å². The van der Waals surface area contributed by atoms with E-state index >= 15 is 0 Å². The van der Waals surface area contributed by atoms with Gasteiger partial charge in [0.05, 0.1) is 0 Å². The summed E-state index contributed by atoms with van der Waals surface area (Å²) in [5.41, 5.74) is 8.33. The lowest BCUT2D eigenvalue weighted by atomic mass is 10.0. The predicted octanol–water partition coefficient (Wildman–Crippen LogP) is 0.442. The summed E-state index contributed by atoms with van der Waals surface area (Å²) < 4.78 is 0. The second kappa shape index (κ2) is 5.09. The Bertz CT molecular complexity index is 347. The van der Waals surface area contributed by atoms with Gasteiger partial charge in [0.1, 0.15) is 6.04 Å². The number of piperazine rings is 1. The second-order valence-corrected chi connectivity index (χ2v) is 3.96. The summed E-state index contributed by atoms with van der Waals surface area (Å²) in [5, 5.41) is 3.25. The number of rotatable bonds is 3. The minimum Gasteiger partial charge on any atom is -0.314 e. The summed E-state index contributed by atoms with van der Waals surface area (Å²) in [6, 6.07) is 9.18. The fourth-order valence-electron chi connectivity index (χ4n) is 2.10. The van der Waals surface area contributed by atoms with Gasteiger partial charge in [-0.3, -0.25) is 15.4 Å². The summed E-state index contributed by atoms with van der Waals surface area (Å²) >= 11 is 0. The molecule has 1 radical (unpaired) electrons. The molecule has 4 nitrogen and oxygen atoms in total. The highest BCUT2D eigenvalue weighted by molar-refractivity contribution is 5.80. The van der Waals surface area contributed by atoms with E-state index in [4.69, 9.17) is 5.73 Å². The molecule has 1 fully saturated rings. The molecule has 0 aliphatic carbocycles. The number of benzene rings is 1. The van der Waals surface area contributed by atoms with Gasteiger partial charge in [0, 0.05) is 26.2 Å². The predicted molar refractivity (Wildman–Crippen MR) is 61.7 cm³/mol. The zero-order chi connectivity index (χ0) is 11.4. The molecule has 1 amide bonds. The molecule has 0 saturated carbocycles. The van der Waals surface area contributed by atoms with Crippen LogP contribution >= 0.6 is 0 Å². The molecule has 2 rings (SSSR count). The Morgan fingerprint density at radius 2 is 1.88 bits per heavy atom. The zero-order valence-electron chi connectivity index (χ0n) is 9.15. The van der Waals surface area contributed by atoms with Crippen molar-refractivity contribution in [1.82, 2.24) is 16.0 Å². The number of hydrogen-bond acceptors (Lipinski definition) is 3. The van der Waals surface area contributed by atoms with Crippen molar-refractivity contribution in [1.29, 1.82) is 0 Å². The smallest absolute Gasteiger partial charge is 0.260 e. The van der Waals surface area contributed by atoms with E-state index in [9.17, 15) is 4.79 Å². The number of nitrogens with one attached hydrogen (secondary N) is 2. The van der Waals surface area contributed by atoms with Gasteiger partial charge in [-0.05, 0) is 5.56 Å². The molecule has 1 aliphatic rings. The summed E-state index contributed by atoms with van der Waals surface area (Å²) in [5.74, 6) is -0.520. The van der Waals surface area contributed by atoms with Crippen LogP contribution in [0.25, 0.3) is 0 Å². The maximum atomic E-state index is 11.4. The molecule has 1 aliphatic heterocycles. The van der Waals surface area contributed by atoms with E-state index in [1.54, 1.807) is 0 Å². The fourth-order valence-corrected chi connectivity index (χ4v) is 2.10. The maximum Gasteiger partial charge on any atom is 0.260 e. The topological polar surface area (TPSA) is 56.1 Å². The minimum atomic E-state index is -0.520. The third kappa shape index (κ3) is 2.40. The Labute approximate surface area is 95.4 Å². The number of carbonyl (C=O) groups excluding carboxylic acids is 1. The van der Waals surface area contributed by atoms with Crippen molar-refractivity contribution in [3.8, 4) is 0 Å². The zero-order valence-corrected chi connectivity index (χ0v) is 9.15. The summed E-state index contributed by atoms with van der Waals surface area (Å²) in [6.07, 6.45) is 0. The molecule has 1 aromatic rings. The Kier molecular flexibility index (Phi) is 3.54. The number of hydrogen-bond donors (Lipinski definition) is 1. The van der Waals surface area contributed by atoms with Crippen LogP contribution in [0.4, 0.5) is 0 Å². The molecular formula is C12H16N3O. The molecule has 1 heterocycles. The third-order valence-electron chi connectivity index (χ3n) is 2.88. The van der Waals surface area contributed by atoms with Crippen molar-refractivity contribution in [2.24, 2.45) is 0 Å². The van der Waals surface area contributed by atoms with Crippen LogP contribution in [0.15, 0.2) is 30.3 Å². The molecular weight excluding hydrogens is 202 g/mol. The lowest BCUT2D eigenvalue weighted by Gasteiger charge is -2.32. The Morgan fingerprint density at radius 3 is 2.44 bits per heavy atom.